The Morgan fingerprint density at radius 3 is 2.33 bits per heavy atom. The van der Waals surface area contributed by atoms with E-state index in [4.69, 9.17) is 46.9 Å². The summed E-state index contributed by atoms with van der Waals surface area (Å²) in [4.78, 5) is 65.9. The molecule has 2 amide bonds. The molecule has 0 aliphatic carbocycles. The van der Waals surface area contributed by atoms with E-state index in [2.05, 4.69) is 15.6 Å². The molecule has 1 saturated heterocycles. The van der Waals surface area contributed by atoms with Gasteiger partial charge in [0.25, 0.3) is 11.5 Å². The van der Waals surface area contributed by atoms with Gasteiger partial charge in [-0.1, -0.05) is 44.0 Å². The number of aromatic nitrogens is 2. The number of nitrogens with one attached hydrogen (secondary N) is 3. The Balaban J connectivity index is 1.86. The maximum Gasteiger partial charge on any atom is 0.408 e. The van der Waals surface area contributed by atoms with Crippen molar-refractivity contribution in [1.29, 1.82) is 0 Å². The highest BCUT2D eigenvalue weighted by atomic mass is 35.5. The molecule has 14 nitrogen and oxygen atoms in total. The highest BCUT2D eigenvalue weighted by Gasteiger charge is 2.50. The zero-order valence-electron chi connectivity index (χ0n) is 27.9. The van der Waals surface area contributed by atoms with Crippen molar-refractivity contribution in [1.82, 2.24) is 20.2 Å². The number of H-pyrrole nitrogens is 1. The third kappa shape index (κ3) is 9.63. The minimum absolute atomic E-state index is 0.106. The predicted octanol–water partition coefficient (Wildman–Crippen LogP) is 3.69. The minimum atomic E-state index is -2.15. The van der Waals surface area contributed by atoms with Gasteiger partial charge < -0.3 is 34.3 Å². The summed E-state index contributed by atoms with van der Waals surface area (Å²) in [6.07, 6.45) is -7.42. The van der Waals surface area contributed by atoms with Crippen molar-refractivity contribution in [2.45, 2.75) is 97.2 Å². The van der Waals surface area contributed by atoms with Crippen LogP contribution in [0.2, 0.25) is 10.0 Å². The van der Waals surface area contributed by atoms with E-state index in [9.17, 15) is 24.0 Å². The quantitative estimate of drug-likeness (QED) is 0.274. The number of alkyl halides is 1. The van der Waals surface area contributed by atoms with Crippen LogP contribution in [0.5, 0.6) is 11.5 Å². The summed E-state index contributed by atoms with van der Waals surface area (Å²) >= 11 is 12.3. The first-order valence-electron chi connectivity index (χ1n) is 15.2. The molecule has 0 bridgehead atoms. The highest BCUT2D eigenvalue weighted by Crippen LogP contribution is 2.36. The van der Waals surface area contributed by atoms with Gasteiger partial charge in [-0.25, -0.2) is 18.8 Å². The molecule has 3 N–H and O–H groups in total. The molecule has 1 aromatic carbocycles. The molecule has 1 aliphatic rings. The van der Waals surface area contributed by atoms with Gasteiger partial charge in [0.1, 0.15) is 29.2 Å². The number of halogens is 3. The molecule has 1 aliphatic heterocycles. The van der Waals surface area contributed by atoms with E-state index in [1.165, 1.54) is 32.4 Å². The third-order valence-corrected chi connectivity index (χ3v) is 7.76. The van der Waals surface area contributed by atoms with Crippen LogP contribution in [-0.2, 0) is 30.2 Å². The Morgan fingerprint density at radius 2 is 1.75 bits per heavy atom. The second kappa shape index (κ2) is 16.1. The fourth-order valence-electron chi connectivity index (χ4n) is 4.68. The number of benzene rings is 1. The Kier molecular flexibility index (Phi) is 12.9. The van der Waals surface area contributed by atoms with E-state index >= 15 is 4.39 Å². The maximum absolute atomic E-state index is 16.2. The van der Waals surface area contributed by atoms with Crippen LogP contribution in [0.25, 0.3) is 0 Å². The summed E-state index contributed by atoms with van der Waals surface area (Å²) in [6.45, 7) is 10.9. The van der Waals surface area contributed by atoms with Crippen molar-refractivity contribution in [3.05, 3.63) is 54.8 Å². The molecule has 1 fully saturated rings. The number of carbonyl (C=O) groups is 3. The summed E-state index contributed by atoms with van der Waals surface area (Å²) in [5, 5.41) is 5.37. The van der Waals surface area contributed by atoms with Crippen molar-refractivity contribution >= 4 is 41.2 Å². The van der Waals surface area contributed by atoms with E-state index in [0.717, 1.165) is 4.57 Å². The molecule has 6 atom stereocenters. The van der Waals surface area contributed by atoms with Gasteiger partial charge in [-0.2, -0.15) is 0 Å². The van der Waals surface area contributed by atoms with Crippen LogP contribution >= 0.6 is 23.2 Å². The first-order chi connectivity index (χ1) is 22.4. The summed E-state index contributed by atoms with van der Waals surface area (Å²) in [5.74, 6) is -1.82. The number of aryl methyl sites for hydroxylation is 1. The van der Waals surface area contributed by atoms with Gasteiger partial charge in [-0.3, -0.25) is 19.1 Å². The summed E-state index contributed by atoms with van der Waals surface area (Å²) in [6, 6.07) is 1.54. The van der Waals surface area contributed by atoms with Crippen LogP contribution in [0.4, 0.5) is 9.18 Å². The average molecular weight is 720 g/mol. The number of nitrogens with zero attached hydrogens (tertiary/aromatic N) is 1. The van der Waals surface area contributed by atoms with Gasteiger partial charge in [0, 0.05) is 24.4 Å². The van der Waals surface area contributed by atoms with Gasteiger partial charge >= 0.3 is 17.8 Å². The van der Waals surface area contributed by atoms with Gasteiger partial charge in [0.2, 0.25) is 0 Å². The Morgan fingerprint density at radius 1 is 1.10 bits per heavy atom. The number of rotatable bonds is 12. The number of hydrogen-bond donors (Lipinski definition) is 3. The summed E-state index contributed by atoms with van der Waals surface area (Å²) < 4.78 is 44.6. The van der Waals surface area contributed by atoms with Crippen LogP contribution in [0.1, 0.15) is 60.3 Å². The number of amides is 2. The molecular formula is C31H41Cl2FN4O10. The monoisotopic (exact) mass is 718 g/mol. The maximum atomic E-state index is 16.2. The lowest BCUT2D eigenvalue weighted by Crippen LogP contribution is -2.50. The lowest BCUT2D eigenvalue weighted by atomic mass is 10.0. The van der Waals surface area contributed by atoms with Crippen molar-refractivity contribution in [3.8, 4) is 11.5 Å². The molecule has 2 aromatic rings. The number of aromatic amines is 1. The van der Waals surface area contributed by atoms with E-state index in [0.29, 0.717) is 0 Å². The number of esters is 1. The van der Waals surface area contributed by atoms with Crippen LogP contribution in [0, 0.1) is 5.92 Å². The standard InChI is InChI=1S/C31H41Cl2FN4O10/c1-9-16-13-38(29(42)37-26(16)40)27-22(34)24(47-28(41)23(14(2)3)36-30(43)48-31(5,6)7)21(46-27)12-35-25(39)15(4)45-20-11-19(44-8)17(32)10-18(20)33/h10-11,13-15,21-24,27H,9,12H2,1-8H3,(H,35,39)(H,36,43)(H,37,40,42)/t15?,21-,22+,23+,24-,27-/m1/s1. The molecule has 266 valence electrons. The van der Waals surface area contributed by atoms with Gasteiger partial charge in [0.15, 0.2) is 24.6 Å². The van der Waals surface area contributed by atoms with Crippen molar-refractivity contribution in [2.24, 2.45) is 5.92 Å². The third-order valence-electron chi connectivity index (χ3n) is 7.17. The molecule has 1 unspecified atom stereocenters. The van der Waals surface area contributed by atoms with Crippen LogP contribution in [-0.4, -0.2) is 77.3 Å². The number of ether oxygens (including phenoxy) is 5. The fourth-order valence-corrected chi connectivity index (χ4v) is 5.18. The lowest BCUT2D eigenvalue weighted by Gasteiger charge is -2.27. The zero-order valence-corrected chi connectivity index (χ0v) is 29.4. The van der Waals surface area contributed by atoms with Crippen molar-refractivity contribution < 1.29 is 42.5 Å². The van der Waals surface area contributed by atoms with E-state index in [1.807, 2.05) is 0 Å². The first kappa shape index (κ1) is 38.6. The SMILES string of the molecule is CCc1cn([C@@H]2O[C@H](CNC(=O)C(C)Oc3cc(OC)c(Cl)cc3Cl)[C@@H](OC(=O)[C@@H](NC(=O)OC(C)(C)C)C(C)C)[C@@H]2F)c(=O)[nH]c1=O. The highest BCUT2D eigenvalue weighted by molar-refractivity contribution is 6.36. The largest absolute Gasteiger partial charge is 0.495 e. The second-order valence-electron chi connectivity index (χ2n) is 12.4. The number of methoxy groups -OCH3 is 1. The molecule has 0 radical (unpaired) electrons. The average Bonchev–Trinajstić information content (AvgIpc) is 3.28. The molecule has 0 saturated carbocycles. The number of hydrogen-bond acceptors (Lipinski definition) is 10. The van der Waals surface area contributed by atoms with Crippen molar-refractivity contribution in [2.75, 3.05) is 13.7 Å². The van der Waals surface area contributed by atoms with E-state index < -0.39 is 84.0 Å². The van der Waals surface area contributed by atoms with Crippen LogP contribution in [0.15, 0.2) is 27.9 Å². The Labute approximate surface area is 286 Å². The zero-order chi connectivity index (χ0) is 36.1. The number of carbonyl (C=O) groups excluding carboxylic acids is 3. The Bertz CT molecular complexity index is 1610. The molecule has 0 spiro atoms. The van der Waals surface area contributed by atoms with E-state index in [-0.39, 0.29) is 33.5 Å². The molecule has 2 heterocycles. The molecule has 3 rings (SSSR count). The molecule has 17 heteroatoms. The van der Waals surface area contributed by atoms with E-state index in [1.54, 1.807) is 41.5 Å². The predicted molar refractivity (Wildman–Crippen MR) is 173 cm³/mol. The topological polar surface area (TPSA) is 176 Å². The summed E-state index contributed by atoms with van der Waals surface area (Å²) in [5.41, 5.74) is -2.27. The smallest absolute Gasteiger partial charge is 0.408 e. The second-order valence-corrected chi connectivity index (χ2v) is 13.2. The molecule has 48 heavy (non-hydrogen) atoms. The van der Waals surface area contributed by atoms with Crippen LogP contribution < -0.4 is 31.4 Å². The fraction of sp³-hybridized carbons (Fsp3) is 0.581. The normalized spacial score (nSPS) is 20.5. The van der Waals surface area contributed by atoms with Crippen LogP contribution in [0.3, 0.4) is 0 Å². The minimum Gasteiger partial charge on any atom is -0.495 e. The summed E-state index contributed by atoms with van der Waals surface area (Å²) in [7, 11) is 1.40. The first-order valence-corrected chi connectivity index (χ1v) is 15.9. The van der Waals surface area contributed by atoms with Gasteiger partial charge in [0.05, 0.1) is 17.2 Å². The lowest BCUT2D eigenvalue weighted by molar-refractivity contribution is -0.157. The van der Waals surface area contributed by atoms with Gasteiger partial charge in [-0.05, 0) is 46.1 Å². The molecular weight excluding hydrogens is 678 g/mol. The Hall–Kier alpha value is -3.82. The van der Waals surface area contributed by atoms with Gasteiger partial charge in [-0.15, -0.1) is 0 Å². The number of alkyl carbamates (subject to hydrolysis) is 1. The molecule has 1 aromatic heterocycles. The van der Waals surface area contributed by atoms with Crippen molar-refractivity contribution in [3.63, 3.8) is 0 Å².